The molecule has 0 unspecified atom stereocenters. The highest BCUT2D eigenvalue weighted by Gasteiger charge is 2.16. The summed E-state index contributed by atoms with van der Waals surface area (Å²) in [4.78, 5) is 24.2. The van der Waals surface area contributed by atoms with Crippen molar-refractivity contribution >= 4 is 23.7 Å². The average molecular weight is 429 g/mol. The molecule has 0 saturated heterocycles. The summed E-state index contributed by atoms with van der Waals surface area (Å²) in [7, 11) is 2.96. The molecule has 166 valence electrons. The molecule has 0 saturated carbocycles. The van der Waals surface area contributed by atoms with Gasteiger partial charge in [-0.2, -0.15) is 5.10 Å². The molecule has 0 aliphatic carbocycles. The molecule has 2 amide bonds. The van der Waals surface area contributed by atoms with Gasteiger partial charge >= 0.3 is 11.8 Å². The van der Waals surface area contributed by atoms with Crippen molar-refractivity contribution < 1.29 is 28.5 Å². The molecule has 0 fully saturated rings. The summed E-state index contributed by atoms with van der Waals surface area (Å²) in [5.74, 6) is 0.313. The van der Waals surface area contributed by atoms with Crippen LogP contribution in [0.3, 0.4) is 0 Å². The van der Waals surface area contributed by atoms with Gasteiger partial charge in [-0.25, -0.2) is 5.43 Å². The van der Waals surface area contributed by atoms with Gasteiger partial charge in [0.05, 0.1) is 39.3 Å². The molecule has 2 aromatic carbocycles. The molecule has 0 bridgehead atoms. The zero-order chi connectivity index (χ0) is 22.6. The SMILES string of the molecule is CCCOc1ccc(/C=N\NC(=O)C(=O)Nc2ccc(OC)cc2OC)cc1OCC. The smallest absolute Gasteiger partial charge is 0.329 e. The number of amides is 2. The Bertz CT molecular complexity index is 929. The second-order valence-electron chi connectivity index (χ2n) is 6.21. The van der Waals surface area contributed by atoms with Crippen molar-refractivity contribution in [1.82, 2.24) is 5.43 Å². The van der Waals surface area contributed by atoms with Gasteiger partial charge in [-0.05, 0) is 49.2 Å². The van der Waals surface area contributed by atoms with Crippen LogP contribution in [0.25, 0.3) is 0 Å². The van der Waals surface area contributed by atoms with Crippen molar-refractivity contribution in [3.8, 4) is 23.0 Å². The van der Waals surface area contributed by atoms with E-state index < -0.39 is 11.8 Å². The van der Waals surface area contributed by atoms with Crippen molar-refractivity contribution in [2.24, 2.45) is 5.10 Å². The number of benzene rings is 2. The van der Waals surface area contributed by atoms with Crippen LogP contribution in [-0.4, -0.2) is 45.5 Å². The minimum Gasteiger partial charge on any atom is -0.497 e. The van der Waals surface area contributed by atoms with Gasteiger partial charge in [0, 0.05) is 6.07 Å². The Morgan fingerprint density at radius 1 is 0.935 bits per heavy atom. The van der Waals surface area contributed by atoms with Crippen LogP contribution in [0, 0.1) is 0 Å². The molecule has 0 aliphatic heterocycles. The normalized spacial score (nSPS) is 10.5. The lowest BCUT2D eigenvalue weighted by Crippen LogP contribution is -2.32. The van der Waals surface area contributed by atoms with Gasteiger partial charge in [-0.1, -0.05) is 6.92 Å². The van der Waals surface area contributed by atoms with E-state index in [2.05, 4.69) is 15.8 Å². The molecule has 2 N–H and O–H groups in total. The Morgan fingerprint density at radius 2 is 1.74 bits per heavy atom. The summed E-state index contributed by atoms with van der Waals surface area (Å²) in [6.07, 6.45) is 2.29. The summed E-state index contributed by atoms with van der Waals surface area (Å²) < 4.78 is 21.5. The van der Waals surface area contributed by atoms with Gasteiger partial charge in [-0.15, -0.1) is 0 Å². The zero-order valence-corrected chi connectivity index (χ0v) is 18.1. The third kappa shape index (κ3) is 6.91. The van der Waals surface area contributed by atoms with Crippen molar-refractivity contribution in [3.05, 3.63) is 42.0 Å². The third-order valence-electron chi connectivity index (χ3n) is 3.97. The molecule has 0 aliphatic rings. The van der Waals surface area contributed by atoms with E-state index in [4.69, 9.17) is 18.9 Å². The minimum absolute atomic E-state index is 0.330. The van der Waals surface area contributed by atoms with Crippen LogP contribution in [0.2, 0.25) is 0 Å². The fraction of sp³-hybridized carbons (Fsp3) is 0.318. The molecule has 0 aromatic heterocycles. The number of methoxy groups -OCH3 is 2. The topological polar surface area (TPSA) is 107 Å². The first-order chi connectivity index (χ1) is 15.0. The van der Waals surface area contributed by atoms with Crippen LogP contribution in [0.15, 0.2) is 41.5 Å². The highest BCUT2D eigenvalue weighted by Crippen LogP contribution is 2.29. The van der Waals surface area contributed by atoms with E-state index in [1.54, 1.807) is 36.4 Å². The highest BCUT2D eigenvalue weighted by atomic mass is 16.5. The van der Waals surface area contributed by atoms with Gasteiger partial charge in [0.15, 0.2) is 11.5 Å². The maximum absolute atomic E-state index is 12.1. The second kappa shape index (κ2) is 12.1. The molecule has 0 radical (unpaired) electrons. The van der Waals surface area contributed by atoms with Crippen molar-refractivity contribution in [2.75, 3.05) is 32.8 Å². The Hall–Kier alpha value is -3.75. The van der Waals surface area contributed by atoms with Crippen molar-refractivity contribution in [2.45, 2.75) is 20.3 Å². The molecular formula is C22H27N3O6. The standard InChI is InChI=1S/C22H27N3O6/c1-5-11-31-18-10-7-15(12-20(18)30-6-2)14-23-25-22(27)21(26)24-17-9-8-16(28-3)13-19(17)29-4/h7-10,12-14H,5-6,11H2,1-4H3,(H,24,26)(H,25,27)/b23-14-. The monoisotopic (exact) mass is 429 g/mol. The minimum atomic E-state index is -0.929. The molecule has 31 heavy (non-hydrogen) atoms. The highest BCUT2D eigenvalue weighted by molar-refractivity contribution is 6.39. The lowest BCUT2D eigenvalue weighted by molar-refractivity contribution is -0.136. The van der Waals surface area contributed by atoms with E-state index in [-0.39, 0.29) is 0 Å². The van der Waals surface area contributed by atoms with Gasteiger partial charge in [-0.3, -0.25) is 9.59 Å². The molecule has 0 heterocycles. The lowest BCUT2D eigenvalue weighted by atomic mass is 10.2. The van der Waals surface area contributed by atoms with Gasteiger partial charge in [0.2, 0.25) is 0 Å². The Labute approximate surface area is 181 Å². The van der Waals surface area contributed by atoms with Gasteiger partial charge in [0.1, 0.15) is 11.5 Å². The maximum atomic E-state index is 12.1. The maximum Gasteiger partial charge on any atom is 0.329 e. The first-order valence-electron chi connectivity index (χ1n) is 9.78. The zero-order valence-electron chi connectivity index (χ0n) is 18.1. The van der Waals surface area contributed by atoms with Crippen LogP contribution in [0.4, 0.5) is 5.69 Å². The van der Waals surface area contributed by atoms with Crippen molar-refractivity contribution in [1.29, 1.82) is 0 Å². The summed E-state index contributed by atoms with van der Waals surface area (Å²) in [5.41, 5.74) is 3.19. The number of carbonyl (C=O) groups is 2. The van der Waals surface area contributed by atoms with E-state index in [9.17, 15) is 9.59 Å². The molecule has 2 rings (SSSR count). The summed E-state index contributed by atoms with van der Waals surface area (Å²) in [6.45, 7) is 4.96. The molecular weight excluding hydrogens is 402 g/mol. The predicted molar refractivity (Wildman–Crippen MR) is 117 cm³/mol. The van der Waals surface area contributed by atoms with E-state index in [1.165, 1.54) is 20.4 Å². The number of nitrogens with one attached hydrogen (secondary N) is 2. The molecule has 0 atom stereocenters. The van der Waals surface area contributed by atoms with Crippen LogP contribution in [0.1, 0.15) is 25.8 Å². The average Bonchev–Trinajstić information content (AvgIpc) is 2.78. The van der Waals surface area contributed by atoms with Crippen LogP contribution in [0.5, 0.6) is 23.0 Å². The lowest BCUT2D eigenvalue weighted by Gasteiger charge is -2.12. The number of ether oxygens (including phenoxy) is 4. The number of rotatable bonds is 10. The first-order valence-corrected chi connectivity index (χ1v) is 9.78. The predicted octanol–water partition coefficient (Wildman–Crippen LogP) is 2.98. The number of carbonyl (C=O) groups excluding carboxylic acids is 2. The first kappa shape index (κ1) is 23.5. The number of hydrogen-bond donors (Lipinski definition) is 2. The Morgan fingerprint density at radius 3 is 2.42 bits per heavy atom. The molecule has 0 spiro atoms. The number of hydrazone groups is 1. The van der Waals surface area contributed by atoms with Gasteiger partial charge < -0.3 is 24.3 Å². The number of nitrogens with zero attached hydrogens (tertiary/aromatic N) is 1. The summed E-state index contributed by atoms with van der Waals surface area (Å²) in [6, 6.07) is 10.1. The van der Waals surface area contributed by atoms with Crippen LogP contribution in [-0.2, 0) is 9.59 Å². The van der Waals surface area contributed by atoms with Gasteiger partial charge in [0.25, 0.3) is 0 Å². The Balaban J connectivity index is 2.00. The van der Waals surface area contributed by atoms with E-state index >= 15 is 0 Å². The van der Waals surface area contributed by atoms with Crippen molar-refractivity contribution in [3.63, 3.8) is 0 Å². The largest absolute Gasteiger partial charge is 0.497 e. The second-order valence-corrected chi connectivity index (χ2v) is 6.21. The van der Waals surface area contributed by atoms with Crippen LogP contribution >= 0.6 is 0 Å². The number of hydrogen-bond acceptors (Lipinski definition) is 7. The van der Waals surface area contributed by atoms with Crippen LogP contribution < -0.4 is 29.7 Å². The van der Waals surface area contributed by atoms with E-state index in [1.807, 2.05) is 13.8 Å². The molecule has 9 heteroatoms. The van der Waals surface area contributed by atoms with E-state index in [0.717, 1.165) is 6.42 Å². The summed E-state index contributed by atoms with van der Waals surface area (Å²) >= 11 is 0. The molecule has 9 nitrogen and oxygen atoms in total. The fourth-order valence-corrected chi connectivity index (χ4v) is 2.50. The quantitative estimate of drug-likeness (QED) is 0.342. The fourth-order valence-electron chi connectivity index (χ4n) is 2.50. The third-order valence-corrected chi connectivity index (χ3v) is 3.97. The Kier molecular flexibility index (Phi) is 9.15. The summed E-state index contributed by atoms with van der Waals surface area (Å²) in [5, 5.41) is 6.31. The molecule has 2 aromatic rings. The van der Waals surface area contributed by atoms with E-state index in [0.29, 0.717) is 47.5 Å². The number of anilines is 1.